The minimum Gasteiger partial charge on any atom is -0.299 e. The Hall–Kier alpha value is -3.16. The summed E-state index contributed by atoms with van der Waals surface area (Å²) in [4.78, 5) is 27.2. The molecule has 0 aliphatic carbocycles. The third-order valence-corrected chi connectivity index (χ3v) is 7.11. The van der Waals surface area contributed by atoms with Crippen molar-refractivity contribution in [2.24, 2.45) is 0 Å². The fourth-order valence-corrected chi connectivity index (χ4v) is 5.48. The first kappa shape index (κ1) is 24.0. The second-order valence-corrected chi connectivity index (χ2v) is 9.33. The smallest absolute Gasteiger partial charge is 0.285 e. The molecule has 4 rings (SSSR count). The summed E-state index contributed by atoms with van der Waals surface area (Å²) in [6.07, 6.45) is 3.71. The Labute approximate surface area is 207 Å². The van der Waals surface area contributed by atoms with Crippen LogP contribution in [0.25, 0.3) is 23.3 Å². The van der Waals surface area contributed by atoms with Crippen molar-refractivity contribution >= 4 is 57.8 Å². The summed E-state index contributed by atoms with van der Waals surface area (Å²) in [5, 5.41) is 0.693. The Morgan fingerprint density at radius 3 is 2.41 bits per heavy atom. The van der Waals surface area contributed by atoms with Gasteiger partial charge in [-0.3, -0.25) is 19.1 Å². The highest BCUT2D eigenvalue weighted by atomic mass is 35.5. The van der Waals surface area contributed by atoms with Crippen LogP contribution in [0.3, 0.4) is 0 Å². The second-order valence-electron chi connectivity index (χ2n) is 7.83. The monoisotopic (exact) mass is 495 g/mol. The number of fused-ring (bicyclic) bond motifs is 1. The second kappa shape index (κ2) is 9.99. The Morgan fingerprint density at radius 1 is 1.09 bits per heavy atom. The van der Waals surface area contributed by atoms with Gasteiger partial charge >= 0.3 is 0 Å². The molecule has 34 heavy (non-hydrogen) atoms. The highest BCUT2D eigenvalue weighted by Crippen LogP contribution is 2.20. The van der Waals surface area contributed by atoms with E-state index < -0.39 is 0 Å². The van der Waals surface area contributed by atoms with Crippen molar-refractivity contribution in [1.82, 2.24) is 9.13 Å². The molecule has 2 aromatic heterocycles. The quantitative estimate of drug-likeness (QED) is 0.384. The zero-order valence-electron chi connectivity index (χ0n) is 19.8. The number of aryl methyl sites for hydroxylation is 2. The average Bonchev–Trinajstić information content (AvgIpc) is 3.29. The van der Waals surface area contributed by atoms with Crippen molar-refractivity contribution in [1.29, 1.82) is 0 Å². The molecule has 1 amide bonds. The number of hydrogen-bond acceptors (Lipinski definition) is 3. The number of anilines is 1. The molecular formula is C26H28ClN4O2S+. The van der Waals surface area contributed by atoms with Crippen molar-refractivity contribution in [2.45, 2.75) is 47.3 Å². The minimum absolute atomic E-state index is 0.105. The van der Waals surface area contributed by atoms with Crippen molar-refractivity contribution in [2.75, 3.05) is 4.90 Å². The number of para-hydroxylation sites is 1. The number of nitrogens with zero attached hydrogens (tertiary/aromatic N) is 4. The molecule has 0 aliphatic heterocycles. The summed E-state index contributed by atoms with van der Waals surface area (Å²) < 4.78 is 7.54. The number of halogens is 1. The van der Waals surface area contributed by atoms with E-state index in [0.717, 1.165) is 40.3 Å². The third kappa shape index (κ3) is 4.33. The Balaban J connectivity index is 1.98. The lowest BCUT2D eigenvalue weighted by molar-refractivity contribution is -0.670. The van der Waals surface area contributed by atoms with Crippen LogP contribution < -0.4 is 24.2 Å². The number of amides is 1. The van der Waals surface area contributed by atoms with Crippen molar-refractivity contribution < 1.29 is 9.36 Å². The van der Waals surface area contributed by atoms with E-state index in [1.165, 1.54) is 23.2 Å². The molecule has 4 aromatic rings. The van der Waals surface area contributed by atoms with Crippen LogP contribution >= 0.6 is 22.9 Å². The first-order valence-corrected chi connectivity index (χ1v) is 12.6. The topological polar surface area (TPSA) is 51.1 Å². The molecule has 8 heteroatoms. The number of carbonyl (C=O) groups is 1. The molecule has 0 unspecified atom stereocenters. The first-order chi connectivity index (χ1) is 16.4. The fourth-order valence-electron chi connectivity index (χ4n) is 4.25. The van der Waals surface area contributed by atoms with Crippen LogP contribution in [0, 0.1) is 0 Å². The van der Waals surface area contributed by atoms with Crippen molar-refractivity contribution in [3.63, 3.8) is 0 Å². The standard InChI is InChI=1S/C26H28ClN4O2S/c1-5-28-21-14-13-19(27)15-22(21)29(6-2)24(28)16-25-30(7-3)26(33)23(34-25)17-31(18(4)32)20-11-9-8-10-12-20/h8-17H,5-7H2,1-4H3/q+1/b23-17-. The van der Waals surface area contributed by atoms with Gasteiger partial charge in [-0.1, -0.05) is 29.8 Å². The molecule has 0 radical (unpaired) electrons. The lowest BCUT2D eigenvalue weighted by Crippen LogP contribution is -2.37. The highest BCUT2D eigenvalue weighted by Gasteiger charge is 2.22. The van der Waals surface area contributed by atoms with Gasteiger partial charge in [-0.15, -0.1) is 11.3 Å². The van der Waals surface area contributed by atoms with Crippen molar-refractivity contribution in [3.05, 3.63) is 78.9 Å². The molecule has 0 N–H and O–H groups in total. The predicted octanol–water partition coefficient (Wildman–Crippen LogP) is 3.49. The Kier molecular flexibility index (Phi) is 7.05. The summed E-state index contributed by atoms with van der Waals surface area (Å²) in [7, 11) is 0. The van der Waals surface area contributed by atoms with Crippen LogP contribution in [-0.4, -0.2) is 15.0 Å². The molecule has 0 bridgehead atoms. The van der Waals surface area contributed by atoms with E-state index in [-0.39, 0.29) is 11.5 Å². The molecule has 176 valence electrons. The molecule has 0 atom stereocenters. The molecule has 0 saturated heterocycles. The van der Waals surface area contributed by atoms with Crippen LogP contribution in [0.2, 0.25) is 5.02 Å². The van der Waals surface area contributed by atoms with Gasteiger partial charge in [-0.2, -0.15) is 0 Å². The Morgan fingerprint density at radius 2 is 1.79 bits per heavy atom. The maximum atomic E-state index is 13.3. The zero-order chi connectivity index (χ0) is 24.4. The summed E-state index contributed by atoms with van der Waals surface area (Å²) in [6.45, 7) is 9.74. The number of rotatable bonds is 6. The molecule has 2 aromatic carbocycles. The van der Waals surface area contributed by atoms with Gasteiger partial charge in [0.2, 0.25) is 5.91 Å². The summed E-state index contributed by atoms with van der Waals surface area (Å²) >= 11 is 7.69. The van der Waals surface area contributed by atoms with Crippen LogP contribution in [0.5, 0.6) is 0 Å². The average molecular weight is 496 g/mol. The first-order valence-electron chi connectivity index (χ1n) is 11.4. The molecule has 0 saturated carbocycles. The van der Waals surface area contributed by atoms with E-state index >= 15 is 0 Å². The van der Waals surface area contributed by atoms with E-state index in [2.05, 4.69) is 29.1 Å². The van der Waals surface area contributed by atoms with Gasteiger partial charge in [-0.05, 0) is 45.0 Å². The molecule has 6 nitrogen and oxygen atoms in total. The molecule has 0 fully saturated rings. The van der Waals surface area contributed by atoms with Crippen molar-refractivity contribution in [3.8, 4) is 0 Å². The van der Waals surface area contributed by atoms with Crippen LogP contribution in [0.1, 0.15) is 33.5 Å². The highest BCUT2D eigenvalue weighted by molar-refractivity contribution is 7.07. The lowest BCUT2D eigenvalue weighted by atomic mass is 10.3. The van der Waals surface area contributed by atoms with Gasteiger partial charge in [0.15, 0.2) is 11.0 Å². The zero-order valence-corrected chi connectivity index (χ0v) is 21.4. The van der Waals surface area contributed by atoms with Gasteiger partial charge in [0.25, 0.3) is 11.4 Å². The third-order valence-electron chi connectivity index (χ3n) is 5.83. The van der Waals surface area contributed by atoms with Gasteiger partial charge in [0.1, 0.15) is 9.20 Å². The van der Waals surface area contributed by atoms with Crippen LogP contribution in [-0.2, 0) is 24.4 Å². The molecule has 2 heterocycles. The molecular weight excluding hydrogens is 468 g/mol. The van der Waals surface area contributed by atoms with Crippen LogP contribution in [0.15, 0.2) is 53.3 Å². The van der Waals surface area contributed by atoms with Crippen LogP contribution in [0.4, 0.5) is 5.69 Å². The SMILES string of the molecule is CCn1c(=O)/c(=C/N(C(C)=O)c2ccccc2)s/c1=C/c1n(CC)c2cc(Cl)ccc2[n+]1CC. The van der Waals surface area contributed by atoms with E-state index in [4.69, 9.17) is 11.6 Å². The fraction of sp³-hybridized carbons (Fsp3) is 0.269. The maximum Gasteiger partial charge on any atom is 0.285 e. The number of aromatic nitrogens is 3. The number of benzene rings is 2. The predicted molar refractivity (Wildman–Crippen MR) is 140 cm³/mol. The van der Waals surface area contributed by atoms with Gasteiger partial charge in [-0.25, -0.2) is 9.13 Å². The summed E-state index contributed by atoms with van der Waals surface area (Å²) in [5.41, 5.74) is 2.78. The number of hydrogen-bond donors (Lipinski definition) is 0. The number of carbonyl (C=O) groups excluding carboxylic acids is 1. The van der Waals surface area contributed by atoms with Gasteiger partial charge in [0.05, 0.1) is 19.2 Å². The van der Waals surface area contributed by atoms with E-state index in [1.54, 1.807) is 10.8 Å². The van der Waals surface area contributed by atoms with Gasteiger partial charge < -0.3 is 0 Å². The largest absolute Gasteiger partial charge is 0.299 e. The molecule has 0 aliphatic rings. The van der Waals surface area contributed by atoms with E-state index in [0.29, 0.717) is 16.1 Å². The van der Waals surface area contributed by atoms with E-state index in [9.17, 15) is 9.59 Å². The van der Waals surface area contributed by atoms with E-state index in [1.807, 2.05) is 55.5 Å². The van der Waals surface area contributed by atoms with Gasteiger partial charge in [0, 0.05) is 36.4 Å². The Bertz CT molecular complexity index is 1530. The normalized spacial score (nSPS) is 12.6. The number of imidazole rings is 1. The lowest BCUT2D eigenvalue weighted by Gasteiger charge is -2.15. The molecule has 0 spiro atoms. The number of thiazole rings is 1. The maximum absolute atomic E-state index is 13.3. The minimum atomic E-state index is -0.153. The summed E-state index contributed by atoms with van der Waals surface area (Å²) in [6, 6.07) is 15.3. The summed E-state index contributed by atoms with van der Waals surface area (Å²) in [5.74, 6) is 0.850.